The highest BCUT2D eigenvalue weighted by Gasteiger charge is 2.19. The topological polar surface area (TPSA) is 74.7 Å². The number of aryl methyl sites for hydroxylation is 2. The Morgan fingerprint density at radius 1 is 1.32 bits per heavy atom. The monoisotopic (exact) mass is 285 g/mol. The van der Waals surface area contributed by atoms with E-state index in [1.54, 1.807) is 0 Å². The maximum absolute atomic E-state index is 11.9. The molecule has 0 heterocycles. The Hall–Kier alpha value is -1.40. The summed E-state index contributed by atoms with van der Waals surface area (Å²) in [6.07, 6.45) is -0.375. The fraction of sp³-hybridized carbons (Fsp3) is 0.462. The summed E-state index contributed by atoms with van der Waals surface area (Å²) in [7, 11) is -2.06. The Labute approximate surface area is 113 Å². The molecule has 0 radical (unpaired) electrons. The molecule has 0 amide bonds. The van der Waals surface area contributed by atoms with Crippen molar-refractivity contribution in [3.63, 3.8) is 0 Å². The van der Waals surface area contributed by atoms with Crippen molar-refractivity contribution in [3.05, 3.63) is 34.9 Å². The van der Waals surface area contributed by atoms with E-state index in [1.165, 1.54) is 11.4 Å². The van der Waals surface area contributed by atoms with E-state index in [-0.39, 0.29) is 18.7 Å². The zero-order valence-electron chi connectivity index (χ0n) is 11.4. The van der Waals surface area contributed by atoms with Gasteiger partial charge in [-0.2, -0.15) is 0 Å². The quantitative estimate of drug-likeness (QED) is 0.860. The number of aliphatic carboxylic acids is 1. The van der Waals surface area contributed by atoms with Gasteiger partial charge >= 0.3 is 5.97 Å². The van der Waals surface area contributed by atoms with Crippen molar-refractivity contribution < 1.29 is 18.3 Å². The fourth-order valence-corrected chi connectivity index (χ4v) is 2.81. The van der Waals surface area contributed by atoms with E-state index in [0.717, 1.165) is 16.7 Å². The molecule has 0 bridgehead atoms. The van der Waals surface area contributed by atoms with Gasteiger partial charge in [0.1, 0.15) is 0 Å². The van der Waals surface area contributed by atoms with Crippen LogP contribution >= 0.6 is 0 Å². The lowest BCUT2D eigenvalue weighted by Gasteiger charge is -2.18. The summed E-state index contributed by atoms with van der Waals surface area (Å²) in [5, 5.41) is 8.54. The van der Waals surface area contributed by atoms with Crippen LogP contribution in [0.3, 0.4) is 0 Å². The predicted molar refractivity (Wildman–Crippen MR) is 73.4 cm³/mol. The summed E-state index contributed by atoms with van der Waals surface area (Å²) in [6.45, 7) is 4.16. The number of hydrogen-bond donors (Lipinski definition) is 1. The van der Waals surface area contributed by atoms with Gasteiger partial charge in [0.15, 0.2) is 0 Å². The highest BCUT2D eigenvalue weighted by atomic mass is 32.2. The summed E-state index contributed by atoms with van der Waals surface area (Å²) in [5.41, 5.74) is 3.07. The van der Waals surface area contributed by atoms with Crippen LogP contribution in [0.1, 0.15) is 23.1 Å². The van der Waals surface area contributed by atoms with Gasteiger partial charge in [-0.05, 0) is 25.0 Å². The second-order valence-electron chi connectivity index (χ2n) is 4.65. The third kappa shape index (κ3) is 4.65. The third-order valence-electron chi connectivity index (χ3n) is 2.94. The van der Waals surface area contributed by atoms with Crippen molar-refractivity contribution in [2.45, 2.75) is 26.8 Å². The van der Waals surface area contributed by atoms with E-state index in [9.17, 15) is 13.2 Å². The van der Waals surface area contributed by atoms with E-state index < -0.39 is 16.0 Å². The number of carboxylic acid groups (broad SMARTS) is 1. The normalized spacial score (nSPS) is 11.8. The molecule has 0 aliphatic rings. The molecule has 5 nitrogen and oxygen atoms in total. The van der Waals surface area contributed by atoms with Crippen molar-refractivity contribution in [2.24, 2.45) is 0 Å². The van der Waals surface area contributed by atoms with E-state index in [1.807, 2.05) is 32.0 Å². The zero-order valence-corrected chi connectivity index (χ0v) is 12.2. The van der Waals surface area contributed by atoms with Crippen LogP contribution in [0.15, 0.2) is 18.2 Å². The van der Waals surface area contributed by atoms with Gasteiger partial charge in [-0.1, -0.05) is 23.8 Å². The lowest BCUT2D eigenvalue weighted by atomic mass is 10.1. The van der Waals surface area contributed by atoms with Gasteiger partial charge in [0.25, 0.3) is 0 Å². The largest absolute Gasteiger partial charge is 0.481 e. The summed E-state index contributed by atoms with van der Waals surface area (Å²) in [4.78, 5) is 10.4. The Morgan fingerprint density at radius 3 is 2.47 bits per heavy atom. The number of carbonyl (C=O) groups is 1. The van der Waals surface area contributed by atoms with Gasteiger partial charge < -0.3 is 5.11 Å². The second kappa shape index (κ2) is 6.16. The molecule has 0 aromatic heterocycles. The smallest absolute Gasteiger partial charge is 0.304 e. The molecule has 0 unspecified atom stereocenters. The minimum atomic E-state index is -3.53. The summed E-state index contributed by atoms with van der Waals surface area (Å²) in [5.74, 6) is -1.48. The molecule has 6 heteroatoms. The third-order valence-corrected chi connectivity index (χ3v) is 4.74. The summed E-state index contributed by atoms with van der Waals surface area (Å²) < 4.78 is 25.0. The number of carboxylic acids is 1. The molecule has 0 aliphatic carbocycles. The highest BCUT2D eigenvalue weighted by molar-refractivity contribution is 7.89. The molecule has 1 aromatic rings. The number of sulfonamides is 1. The van der Waals surface area contributed by atoms with Crippen LogP contribution in [0.4, 0.5) is 0 Å². The standard InChI is InChI=1S/C13H19NO4S/c1-10-4-5-12(11(2)8-10)9-14(3)19(17,18)7-6-13(15)16/h4-5,8H,6-7,9H2,1-3H3,(H,15,16). The first-order chi connectivity index (χ1) is 8.72. The number of benzene rings is 1. The number of nitrogens with zero attached hydrogens (tertiary/aromatic N) is 1. The highest BCUT2D eigenvalue weighted by Crippen LogP contribution is 2.14. The van der Waals surface area contributed by atoms with Crippen LogP contribution in [-0.2, 0) is 21.4 Å². The molecule has 1 N–H and O–H groups in total. The molecule has 0 fully saturated rings. The van der Waals surface area contributed by atoms with Gasteiger partial charge in [-0.25, -0.2) is 12.7 Å². The number of hydrogen-bond acceptors (Lipinski definition) is 3. The maximum Gasteiger partial charge on any atom is 0.304 e. The second-order valence-corrected chi connectivity index (χ2v) is 6.84. The molecule has 1 aromatic carbocycles. The lowest BCUT2D eigenvalue weighted by Crippen LogP contribution is -2.30. The van der Waals surface area contributed by atoms with Crippen molar-refractivity contribution in [3.8, 4) is 0 Å². The molecule has 0 saturated carbocycles. The van der Waals surface area contributed by atoms with E-state index in [4.69, 9.17) is 5.11 Å². The van der Waals surface area contributed by atoms with Crippen LogP contribution < -0.4 is 0 Å². The van der Waals surface area contributed by atoms with Crippen LogP contribution in [0.25, 0.3) is 0 Å². The summed E-state index contributed by atoms with van der Waals surface area (Å²) >= 11 is 0. The van der Waals surface area contributed by atoms with Crippen LogP contribution in [0, 0.1) is 13.8 Å². The Morgan fingerprint density at radius 2 is 1.95 bits per heavy atom. The molecular formula is C13H19NO4S. The van der Waals surface area contributed by atoms with Crippen LogP contribution in [-0.4, -0.2) is 36.6 Å². The van der Waals surface area contributed by atoms with Crippen LogP contribution in [0.2, 0.25) is 0 Å². The first-order valence-corrected chi connectivity index (χ1v) is 7.55. The van der Waals surface area contributed by atoms with Crippen molar-refractivity contribution in [1.82, 2.24) is 4.31 Å². The molecule has 0 spiro atoms. The van der Waals surface area contributed by atoms with E-state index >= 15 is 0 Å². The molecule has 0 saturated heterocycles. The summed E-state index contributed by atoms with van der Waals surface area (Å²) in [6, 6.07) is 5.82. The Bertz CT molecular complexity index is 566. The average Bonchev–Trinajstić information content (AvgIpc) is 2.30. The van der Waals surface area contributed by atoms with Gasteiger partial charge in [-0.3, -0.25) is 4.79 Å². The lowest BCUT2D eigenvalue weighted by molar-refractivity contribution is -0.136. The molecule has 0 atom stereocenters. The molecule has 1 rings (SSSR count). The Balaban J connectivity index is 2.78. The minimum Gasteiger partial charge on any atom is -0.481 e. The van der Waals surface area contributed by atoms with Gasteiger partial charge in [0.05, 0.1) is 12.2 Å². The molecule has 19 heavy (non-hydrogen) atoms. The SMILES string of the molecule is Cc1ccc(CN(C)S(=O)(=O)CCC(=O)O)c(C)c1. The van der Waals surface area contributed by atoms with Crippen LogP contribution in [0.5, 0.6) is 0 Å². The number of rotatable bonds is 6. The van der Waals surface area contributed by atoms with E-state index in [2.05, 4.69) is 0 Å². The van der Waals surface area contributed by atoms with Gasteiger partial charge in [0, 0.05) is 13.6 Å². The van der Waals surface area contributed by atoms with Crippen molar-refractivity contribution in [2.75, 3.05) is 12.8 Å². The van der Waals surface area contributed by atoms with Gasteiger partial charge in [0.2, 0.25) is 10.0 Å². The Kier molecular flexibility index (Phi) is 5.08. The van der Waals surface area contributed by atoms with Crippen molar-refractivity contribution >= 4 is 16.0 Å². The maximum atomic E-state index is 11.9. The fourth-order valence-electron chi connectivity index (χ4n) is 1.73. The minimum absolute atomic E-state index is 0.258. The molecular weight excluding hydrogens is 266 g/mol. The van der Waals surface area contributed by atoms with Gasteiger partial charge in [-0.15, -0.1) is 0 Å². The zero-order chi connectivity index (χ0) is 14.6. The molecule has 106 valence electrons. The average molecular weight is 285 g/mol. The predicted octanol–water partition coefficient (Wildman–Crippen LogP) is 1.54. The van der Waals surface area contributed by atoms with E-state index in [0.29, 0.717) is 0 Å². The first kappa shape index (κ1) is 15.7. The molecule has 0 aliphatic heterocycles. The van der Waals surface area contributed by atoms with Crippen molar-refractivity contribution in [1.29, 1.82) is 0 Å². The first-order valence-electron chi connectivity index (χ1n) is 5.94.